The summed E-state index contributed by atoms with van der Waals surface area (Å²) in [6.45, 7) is 0. The summed E-state index contributed by atoms with van der Waals surface area (Å²) in [5, 5.41) is 28.7. The molecule has 0 spiro atoms. The first-order valence-corrected chi connectivity index (χ1v) is 3.39. The molecule has 0 heterocycles. The van der Waals surface area contributed by atoms with E-state index in [9.17, 15) is 0 Å². The van der Waals surface area contributed by atoms with Gasteiger partial charge in [0.25, 0.3) is 0 Å². The Morgan fingerprint density at radius 2 is 1.75 bits per heavy atom. The first-order valence-electron chi connectivity index (χ1n) is 3.39. The molecule has 0 bridgehead atoms. The second kappa shape index (κ2) is 3.85. The van der Waals surface area contributed by atoms with E-state index in [4.69, 9.17) is 15.4 Å². The molecule has 64 valence electrons. The number of rotatable bonds is 2. The molecule has 4 nitrogen and oxygen atoms in total. The van der Waals surface area contributed by atoms with E-state index in [0.717, 1.165) is 0 Å². The van der Waals surface area contributed by atoms with Gasteiger partial charge in [-0.05, 0) is 0 Å². The molecule has 0 atom stereocenters. The van der Waals surface area contributed by atoms with Crippen molar-refractivity contribution in [1.29, 1.82) is 0 Å². The number of hydrogen-bond acceptors (Lipinski definition) is 4. The maximum atomic E-state index is 8.73. The largest absolute Gasteiger partial charge is 0.410 e. The summed E-state index contributed by atoms with van der Waals surface area (Å²) in [4.78, 5) is 0. The molecule has 0 aliphatic heterocycles. The SMILES string of the molecule is ON=C(c1ccccc1)C(O)O. The molecule has 0 amide bonds. The minimum Gasteiger partial charge on any atom is -0.410 e. The predicted octanol–water partition coefficient (Wildman–Crippen LogP) is 0.176. The highest BCUT2D eigenvalue weighted by Crippen LogP contribution is 2.02. The van der Waals surface area contributed by atoms with Crippen LogP contribution in [-0.4, -0.2) is 27.4 Å². The Hall–Kier alpha value is -1.39. The number of benzene rings is 1. The summed E-state index contributed by atoms with van der Waals surface area (Å²) in [6.07, 6.45) is -1.75. The second-order valence-corrected chi connectivity index (χ2v) is 2.22. The number of nitrogens with zero attached hydrogens (tertiary/aromatic N) is 1. The lowest BCUT2D eigenvalue weighted by atomic mass is 10.1. The molecule has 12 heavy (non-hydrogen) atoms. The average molecular weight is 167 g/mol. The molecule has 1 aromatic carbocycles. The molecule has 0 aliphatic carbocycles. The smallest absolute Gasteiger partial charge is 0.200 e. The molecular formula is C8H9NO3. The second-order valence-electron chi connectivity index (χ2n) is 2.22. The molecule has 4 heteroatoms. The molecule has 0 saturated heterocycles. The van der Waals surface area contributed by atoms with Gasteiger partial charge in [-0.3, -0.25) is 0 Å². The van der Waals surface area contributed by atoms with Crippen molar-refractivity contribution in [2.24, 2.45) is 5.16 Å². The zero-order chi connectivity index (χ0) is 8.97. The van der Waals surface area contributed by atoms with Crippen LogP contribution in [0.4, 0.5) is 0 Å². The maximum Gasteiger partial charge on any atom is 0.200 e. The zero-order valence-electron chi connectivity index (χ0n) is 6.25. The van der Waals surface area contributed by atoms with E-state index >= 15 is 0 Å². The van der Waals surface area contributed by atoms with E-state index in [-0.39, 0.29) is 5.71 Å². The van der Waals surface area contributed by atoms with E-state index in [1.807, 2.05) is 0 Å². The maximum absolute atomic E-state index is 8.73. The van der Waals surface area contributed by atoms with Gasteiger partial charge in [-0.2, -0.15) is 0 Å². The molecule has 0 radical (unpaired) electrons. The molecular weight excluding hydrogens is 158 g/mol. The van der Waals surface area contributed by atoms with Crippen molar-refractivity contribution in [3.05, 3.63) is 35.9 Å². The summed E-state index contributed by atoms with van der Waals surface area (Å²) in [5.41, 5.74) is 0.325. The van der Waals surface area contributed by atoms with Crippen LogP contribution in [0, 0.1) is 0 Å². The Balaban J connectivity index is 2.97. The lowest BCUT2D eigenvalue weighted by molar-refractivity contribution is 0.0178. The summed E-state index contributed by atoms with van der Waals surface area (Å²) < 4.78 is 0. The van der Waals surface area contributed by atoms with Crippen molar-refractivity contribution >= 4 is 5.71 Å². The van der Waals surface area contributed by atoms with Gasteiger partial charge >= 0.3 is 0 Å². The van der Waals surface area contributed by atoms with Crippen LogP contribution in [0.2, 0.25) is 0 Å². The van der Waals surface area contributed by atoms with Crippen molar-refractivity contribution in [2.45, 2.75) is 6.29 Å². The Kier molecular flexibility index (Phi) is 2.79. The molecule has 0 aliphatic rings. The third-order valence-corrected chi connectivity index (χ3v) is 1.42. The van der Waals surface area contributed by atoms with Crippen LogP contribution in [-0.2, 0) is 0 Å². The summed E-state index contributed by atoms with van der Waals surface area (Å²) in [7, 11) is 0. The first-order chi connectivity index (χ1) is 5.75. The van der Waals surface area contributed by atoms with E-state index < -0.39 is 6.29 Å². The summed E-state index contributed by atoms with van der Waals surface area (Å²) in [5.74, 6) is 0. The molecule has 1 rings (SSSR count). The zero-order valence-corrected chi connectivity index (χ0v) is 6.25. The third-order valence-electron chi connectivity index (χ3n) is 1.42. The van der Waals surface area contributed by atoms with Crippen LogP contribution in [0.5, 0.6) is 0 Å². The first kappa shape index (κ1) is 8.70. The normalized spacial score (nSPS) is 12.1. The van der Waals surface area contributed by atoms with Crippen molar-refractivity contribution < 1.29 is 15.4 Å². The van der Waals surface area contributed by atoms with Crippen molar-refractivity contribution in [3.8, 4) is 0 Å². The highest BCUT2D eigenvalue weighted by Gasteiger charge is 2.10. The van der Waals surface area contributed by atoms with Crippen LogP contribution < -0.4 is 0 Å². The summed E-state index contributed by atoms with van der Waals surface area (Å²) in [6, 6.07) is 8.44. The van der Waals surface area contributed by atoms with E-state index in [1.165, 1.54) is 0 Å². The van der Waals surface area contributed by atoms with Crippen molar-refractivity contribution in [1.82, 2.24) is 0 Å². The van der Waals surface area contributed by atoms with Gasteiger partial charge < -0.3 is 15.4 Å². The molecule has 0 aromatic heterocycles. The Morgan fingerprint density at radius 3 is 2.17 bits per heavy atom. The van der Waals surface area contributed by atoms with Gasteiger partial charge in [-0.25, -0.2) is 0 Å². The van der Waals surface area contributed by atoms with Gasteiger partial charge in [0.2, 0.25) is 0 Å². The highest BCUT2D eigenvalue weighted by atomic mass is 16.5. The Bertz CT molecular complexity index is 269. The van der Waals surface area contributed by atoms with Crippen molar-refractivity contribution in [2.75, 3.05) is 0 Å². The average Bonchev–Trinajstić information content (AvgIpc) is 2.07. The fourth-order valence-corrected chi connectivity index (χ4v) is 0.867. The third kappa shape index (κ3) is 1.81. The molecule has 0 saturated carbocycles. The van der Waals surface area contributed by atoms with Gasteiger partial charge in [-0.1, -0.05) is 35.5 Å². The standard InChI is InChI=1S/C8H9NO3/c10-8(11)7(9-12)6-4-2-1-3-5-6/h1-5,8,10-12H. The van der Waals surface area contributed by atoms with Gasteiger partial charge in [-0.15, -0.1) is 0 Å². The van der Waals surface area contributed by atoms with Gasteiger partial charge in [0.15, 0.2) is 6.29 Å². The molecule has 0 unspecified atom stereocenters. The molecule has 1 aromatic rings. The van der Waals surface area contributed by atoms with E-state index in [1.54, 1.807) is 30.3 Å². The van der Waals surface area contributed by atoms with E-state index in [0.29, 0.717) is 5.56 Å². The monoisotopic (exact) mass is 167 g/mol. The number of aliphatic hydroxyl groups is 2. The molecule has 3 N–H and O–H groups in total. The Labute approximate surface area is 69.4 Å². The number of aliphatic hydroxyl groups excluding tert-OH is 1. The minimum absolute atomic E-state index is 0.157. The fraction of sp³-hybridized carbons (Fsp3) is 0.125. The van der Waals surface area contributed by atoms with Crippen molar-refractivity contribution in [3.63, 3.8) is 0 Å². The van der Waals surface area contributed by atoms with Crippen LogP contribution in [0.25, 0.3) is 0 Å². The topological polar surface area (TPSA) is 73.1 Å². The fourth-order valence-electron chi connectivity index (χ4n) is 0.867. The van der Waals surface area contributed by atoms with Crippen LogP contribution in [0.3, 0.4) is 0 Å². The highest BCUT2D eigenvalue weighted by molar-refractivity contribution is 6.02. The lowest BCUT2D eigenvalue weighted by Crippen LogP contribution is -2.20. The summed E-state index contributed by atoms with van der Waals surface area (Å²) >= 11 is 0. The van der Waals surface area contributed by atoms with Crippen LogP contribution in [0.15, 0.2) is 35.5 Å². The minimum atomic E-state index is -1.75. The number of hydrogen-bond donors (Lipinski definition) is 3. The lowest BCUT2D eigenvalue weighted by Gasteiger charge is -2.04. The van der Waals surface area contributed by atoms with Gasteiger partial charge in [0.05, 0.1) is 0 Å². The predicted molar refractivity (Wildman–Crippen MR) is 43.0 cm³/mol. The molecule has 0 fully saturated rings. The number of oxime groups is 1. The van der Waals surface area contributed by atoms with Gasteiger partial charge in [0, 0.05) is 5.56 Å². The Morgan fingerprint density at radius 1 is 1.17 bits per heavy atom. The van der Waals surface area contributed by atoms with E-state index in [2.05, 4.69) is 5.16 Å². The quantitative estimate of drug-likeness (QED) is 0.254. The van der Waals surface area contributed by atoms with Crippen LogP contribution >= 0.6 is 0 Å². The van der Waals surface area contributed by atoms with Crippen LogP contribution in [0.1, 0.15) is 5.56 Å². The van der Waals surface area contributed by atoms with Gasteiger partial charge in [0.1, 0.15) is 5.71 Å².